The summed E-state index contributed by atoms with van der Waals surface area (Å²) in [7, 11) is 0. The zero-order valence-corrected chi connectivity index (χ0v) is 17.2. The Labute approximate surface area is 176 Å². The summed E-state index contributed by atoms with van der Waals surface area (Å²) in [4.78, 5) is 40.1. The number of carbonyl (C=O) groups is 2. The summed E-state index contributed by atoms with van der Waals surface area (Å²) in [6, 6.07) is 7.75. The van der Waals surface area contributed by atoms with Gasteiger partial charge in [0.15, 0.2) is 11.5 Å². The van der Waals surface area contributed by atoms with Gasteiger partial charge in [-0.25, -0.2) is 4.98 Å². The van der Waals surface area contributed by atoms with Gasteiger partial charge >= 0.3 is 0 Å². The molecule has 10 heteroatoms. The molecule has 0 spiro atoms. The summed E-state index contributed by atoms with van der Waals surface area (Å²) < 4.78 is 11.3. The maximum atomic E-state index is 12.4. The minimum absolute atomic E-state index is 0.139. The molecule has 2 amide bonds. The summed E-state index contributed by atoms with van der Waals surface area (Å²) in [6.07, 6.45) is 3.44. The Hall–Kier alpha value is -3.40. The van der Waals surface area contributed by atoms with Gasteiger partial charge in [0.05, 0.1) is 16.4 Å². The van der Waals surface area contributed by atoms with Gasteiger partial charge in [0.1, 0.15) is 6.20 Å². The van der Waals surface area contributed by atoms with E-state index in [0.717, 1.165) is 18.0 Å². The molecule has 1 fully saturated rings. The molecule has 1 aliphatic heterocycles. The smallest absolute Gasteiger partial charge is 0.293 e. The molecular formula is C20H19N3O6S. The number of benzene rings is 1. The molecule has 1 aliphatic rings. The summed E-state index contributed by atoms with van der Waals surface area (Å²) in [5.74, 6) is 0.656. The van der Waals surface area contributed by atoms with E-state index in [1.807, 2.05) is 13.8 Å². The number of nitro groups is 1. The highest BCUT2D eigenvalue weighted by Crippen LogP contribution is 2.36. The number of carbonyl (C=O) groups excluding carboxylic acids is 2. The second kappa shape index (κ2) is 9.40. The van der Waals surface area contributed by atoms with Crippen LogP contribution in [0.4, 0.5) is 10.5 Å². The highest BCUT2D eigenvalue weighted by Gasteiger charge is 2.34. The molecule has 9 nitrogen and oxygen atoms in total. The number of hydrogen-bond donors (Lipinski definition) is 0. The first kappa shape index (κ1) is 21.3. The topological polar surface area (TPSA) is 112 Å². The molecular weight excluding hydrogens is 410 g/mol. The van der Waals surface area contributed by atoms with Gasteiger partial charge in [-0.2, -0.15) is 0 Å². The van der Waals surface area contributed by atoms with Crippen LogP contribution in [0.15, 0.2) is 41.4 Å². The monoisotopic (exact) mass is 429 g/mol. The van der Waals surface area contributed by atoms with Gasteiger partial charge in [0.2, 0.25) is 5.88 Å². The summed E-state index contributed by atoms with van der Waals surface area (Å²) in [6.45, 7) is 4.48. The largest absolute Gasteiger partial charge is 0.490 e. The summed E-state index contributed by atoms with van der Waals surface area (Å²) in [5.41, 5.74) is 0.532. The van der Waals surface area contributed by atoms with Gasteiger partial charge in [0, 0.05) is 18.7 Å². The third-order valence-corrected chi connectivity index (χ3v) is 4.94. The van der Waals surface area contributed by atoms with Crippen molar-refractivity contribution in [2.45, 2.75) is 20.3 Å². The van der Waals surface area contributed by atoms with Crippen molar-refractivity contribution < 1.29 is 24.0 Å². The molecule has 1 aromatic heterocycles. The fraction of sp³-hybridized carbons (Fsp3) is 0.250. The number of hydrogen-bond acceptors (Lipinski definition) is 8. The van der Waals surface area contributed by atoms with Crippen LogP contribution in [0.3, 0.4) is 0 Å². The maximum absolute atomic E-state index is 12.4. The fourth-order valence-electron chi connectivity index (χ4n) is 2.69. The van der Waals surface area contributed by atoms with Crippen molar-refractivity contribution in [3.63, 3.8) is 0 Å². The first-order valence-corrected chi connectivity index (χ1v) is 10.0. The van der Waals surface area contributed by atoms with E-state index in [4.69, 9.17) is 9.47 Å². The number of amides is 2. The molecule has 1 saturated heterocycles. The molecule has 0 unspecified atom stereocenters. The van der Waals surface area contributed by atoms with Crippen molar-refractivity contribution in [1.29, 1.82) is 0 Å². The third kappa shape index (κ3) is 4.77. The van der Waals surface area contributed by atoms with Crippen LogP contribution in [0, 0.1) is 10.1 Å². The van der Waals surface area contributed by atoms with Gasteiger partial charge < -0.3 is 9.47 Å². The van der Waals surface area contributed by atoms with Crippen LogP contribution in [-0.2, 0) is 4.79 Å². The van der Waals surface area contributed by atoms with Crippen LogP contribution in [0.25, 0.3) is 6.08 Å². The Morgan fingerprint density at radius 3 is 2.63 bits per heavy atom. The lowest BCUT2D eigenvalue weighted by molar-refractivity contribution is -0.385. The fourth-order valence-corrected chi connectivity index (χ4v) is 3.55. The Bertz CT molecular complexity index is 1010. The van der Waals surface area contributed by atoms with E-state index >= 15 is 0 Å². The number of ether oxygens (including phenoxy) is 2. The standard InChI is InChI=1S/C20H19N3O6S/c1-3-9-22-19(24)17(30-20(22)25)11-13-5-7-15(16(10-13)28-4-2)29-18-8-6-14(12-21-18)23(26)27/h5-8,10-12H,3-4,9H2,1-2H3/b17-11-. The van der Waals surface area contributed by atoms with Gasteiger partial charge in [0.25, 0.3) is 16.8 Å². The maximum Gasteiger partial charge on any atom is 0.293 e. The van der Waals surface area contributed by atoms with E-state index in [9.17, 15) is 19.7 Å². The molecule has 30 heavy (non-hydrogen) atoms. The molecule has 0 N–H and O–H groups in total. The third-order valence-electron chi connectivity index (χ3n) is 4.03. The minimum atomic E-state index is -0.542. The molecule has 2 heterocycles. The van der Waals surface area contributed by atoms with Gasteiger partial charge in [-0.15, -0.1) is 0 Å². The van der Waals surface area contributed by atoms with Gasteiger partial charge in [-0.3, -0.25) is 24.6 Å². The van der Waals surface area contributed by atoms with Crippen molar-refractivity contribution in [3.8, 4) is 17.4 Å². The van der Waals surface area contributed by atoms with Crippen molar-refractivity contribution in [1.82, 2.24) is 9.88 Å². The minimum Gasteiger partial charge on any atom is -0.490 e. The Morgan fingerprint density at radius 2 is 2.00 bits per heavy atom. The van der Waals surface area contributed by atoms with Crippen LogP contribution in [-0.4, -0.2) is 39.1 Å². The number of thioether (sulfide) groups is 1. The normalized spacial score (nSPS) is 15.0. The lowest BCUT2D eigenvalue weighted by atomic mass is 10.2. The molecule has 0 saturated carbocycles. The van der Waals surface area contributed by atoms with E-state index in [1.54, 1.807) is 24.3 Å². The molecule has 0 radical (unpaired) electrons. The molecule has 2 aromatic rings. The van der Waals surface area contributed by atoms with E-state index < -0.39 is 4.92 Å². The average Bonchev–Trinajstić information content (AvgIpc) is 2.98. The van der Waals surface area contributed by atoms with Crippen molar-refractivity contribution in [3.05, 3.63) is 57.1 Å². The van der Waals surface area contributed by atoms with E-state index in [0.29, 0.717) is 41.5 Å². The quantitative estimate of drug-likeness (QED) is 0.339. The van der Waals surface area contributed by atoms with Gasteiger partial charge in [-0.1, -0.05) is 13.0 Å². The second-order valence-corrected chi connectivity index (χ2v) is 7.18. The second-order valence-electron chi connectivity index (χ2n) is 6.19. The first-order valence-electron chi connectivity index (χ1n) is 9.23. The Morgan fingerprint density at radius 1 is 1.20 bits per heavy atom. The van der Waals surface area contributed by atoms with Crippen molar-refractivity contribution in [2.75, 3.05) is 13.2 Å². The number of imide groups is 1. The molecule has 0 atom stereocenters. The van der Waals surface area contributed by atoms with Crippen molar-refractivity contribution >= 4 is 34.7 Å². The van der Waals surface area contributed by atoms with Crippen LogP contribution in [0.5, 0.6) is 17.4 Å². The number of nitrogens with zero attached hydrogens (tertiary/aromatic N) is 3. The first-order chi connectivity index (χ1) is 14.4. The Kier molecular flexibility index (Phi) is 6.68. The Balaban J connectivity index is 1.84. The van der Waals surface area contributed by atoms with E-state index in [1.165, 1.54) is 17.0 Å². The van der Waals surface area contributed by atoms with E-state index in [2.05, 4.69) is 4.98 Å². The zero-order valence-electron chi connectivity index (χ0n) is 16.4. The molecule has 1 aromatic carbocycles. The average molecular weight is 429 g/mol. The predicted molar refractivity (Wildman–Crippen MR) is 112 cm³/mol. The zero-order chi connectivity index (χ0) is 21.7. The lowest BCUT2D eigenvalue weighted by Crippen LogP contribution is -2.28. The van der Waals surface area contributed by atoms with Crippen LogP contribution < -0.4 is 9.47 Å². The molecule has 0 aliphatic carbocycles. The summed E-state index contributed by atoms with van der Waals surface area (Å²) in [5, 5.41) is 10.5. The predicted octanol–water partition coefficient (Wildman–Crippen LogP) is 4.63. The number of aromatic nitrogens is 1. The molecule has 156 valence electrons. The van der Waals surface area contributed by atoms with Crippen LogP contribution in [0.1, 0.15) is 25.8 Å². The van der Waals surface area contributed by atoms with Crippen LogP contribution >= 0.6 is 11.8 Å². The van der Waals surface area contributed by atoms with Gasteiger partial charge in [-0.05, 0) is 48.9 Å². The number of pyridine rings is 1. The lowest BCUT2D eigenvalue weighted by Gasteiger charge is -2.12. The SMILES string of the molecule is CCCN1C(=O)S/C(=C\c2ccc(Oc3ccc([N+](=O)[O-])cn3)c(OCC)c2)C1=O. The summed E-state index contributed by atoms with van der Waals surface area (Å²) >= 11 is 0.908. The molecule has 3 rings (SSSR count). The van der Waals surface area contributed by atoms with Crippen LogP contribution in [0.2, 0.25) is 0 Å². The highest BCUT2D eigenvalue weighted by atomic mass is 32.2. The van der Waals surface area contributed by atoms with Crippen molar-refractivity contribution in [2.24, 2.45) is 0 Å². The number of rotatable bonds is 8. The van der Waals surface area contributed by atoms with E-state index in [-0.39, 0.29) is 22.7 Å². The highest BCUT2D eigenvalue weighted by molar-refractivity contribution is 8.18. The molecule has 0 bridgehead atoms.